The van der Waals surface area contributed by atoms with Gasteiger partial charge in [-0.15, -0.1) is 0 Å². The molecule has 0 bridgehead atoms. The van der Waals surface area contributed by atoms with Gasteiger partial charge in [0.1, 0.15) is 5.41 Å². The SMILES string of the molecule is Cc1[nH]c2ccccc2c1CN(C)CC1(C#N)COC1. The van der Waals surface area contributed by atoms with E-state index in [1.165, 1.54) is 22.2 Å². The summed E-state index contributed by atoms with van der Waals surface area (Å²) in [5, 5.41) is 10.5. The molecular formula is C16H19N3O. The molecule has 2 aromatic rings. The fourth-order valence-electron chi connectivity index (χ4n) is 2.92. The van der Waals surface area contributed by atoms with Gasteiger partial charge >= 0.3 is 0 Å². The monoisotopic (exact) mass is 269 g/mol. The first kappa shape index (κ1) is 13.2. The molecule has 0 radical (unpaired) electrons. The number of H-pyrrole nitrogens is 1. The Kier molecular flexibility index (Phi) is 3.25. The number of ether oxygens (including phenoxy) is 1. The van der Waals surface area contributed by atoms with E-state index in [0.29, 0.717) is 13.2 Å². The fraction of sp³-hybridized carbons (Fsp3) is 0.438. The number of nitrogens with one attached hydrogen (secondary N) is 1. The van der Waals surface area contributed by atoms with Gasteiger partial charge in [-0.1, -0.05) is 18.2 Å². The molecule has 1 fully saturated rings. The van der Waals surface area contributed by atoms with E-state index in [1.807, 2.05) is 6.07 Å². The van der Waals surface area contributed by atoms with Crippen molar-refractivity contribution in [1.29, 1.82) is 5.26 Å². The molecule has 4 nitrogen and oxygen atoms in total. The van der Waals surface area contributed by atoms with Crippen molar-refractivity contribution in [2.75, 3.05) is 26.8 Å². The second-order valence-electron chi connectivity index (χ2n) is 5.83. The van der Waals surface area contributed by atoms with Crippen molar-refractivity contribution >= 4 is 10.9 Å². The molecule has 0 atom stereocenters. The zero-order valence-corrected chi connectivity index (χ0v) is 11.9. The first-order valence-electron chi connectivity index (χ1n) is 6.87. The molecule has 0 amide bonds. The highest BCUT2D eigenvalue weighted by atomic mass is 16.5. The Balaban J connectivity index is 1.79. The number of nitriles is 1. The summed E-state index contributed by atoms with van der Waals surface area (Å²) in [7, 11) is 2.07. The van der Waals surface area contributed by atoms with E-state index in [1.54, 1.807) is 0 Å². The molecule has 1 aromatic heterocycles. The number of para-hydroxylation sites is 1. The summed E-state index contributed by atoms with van der Waals surface area (Å²) >= 11 is 0. The zero-order chi connectivity index (χ0) is 14.2. The Hall–Kier alpha value is -1.83. The molecule has 1 aliphatic heterocycles. The van der Waals surface area contributed by atoms with Crippen LogP contribution in [0.25, 0.3) is 10.9 Å². The molecule has 4 heteroatoms. The number of hydrogen-bond acceptors (Lipinski definition) is 3. The average molecular weight is 269 g/mol. The highest BCUT2D eigenvalue weighted by Crippen LogP contribution is 2.29. The van der Waals surface area contributed by atoms with E-state index in [4.69, 9.17) is 4.74 Å². The van der Waals surface area contributed by atoms with Crippen LogP contribution in [0.4, 0.5) is 0 Å². The van der Waals surface area contributed by atoms with Gasteiger partial charge in [-0.25, -0.2) is 0 Å². The number of benzene rings is 1. The molecule has 0 aliphatic carbocycles. The first-order valence-corrected chi connectivity index (χ1v) is 6.87. The Morgan fingerprint density at radius 1 is 1.40 bits per heavy atom. The highest BCUT2D eigenvalue weighted by Gasteiger charge is 2.39. The van der Waals surface area contributed by atoms with Crippen molar-refractivity contribution in [1.82, 2.24) is 9.88 Å². The number of aryl methyl sites for hydroxylation is 1. The molecule has 1 N–H and O–H groups in total. The Bertz CT molecular complexity index is 664. The van der Waals surface area contributed by atoms with Crippen LogP contribution in [0.2, 0.25) is 0 Å². The van der Waals surface area contributed by atoms with E-state index >= 15 is 0 Å². The predicted octanol–water partition coefficient (Wildman–Crippen LogP) is 2.45. The highest BCUT2D eigenvalue weighted by molar-refractivity contribution is 5.84. The molecule has 0 spiro atoms. The van der Waals surface area contributed by atoms with Gasteiger partial charge in [-0.2, -0.15) is 5.26 Å². The lowest BCUT2D eigenvalue weighted by Gasteiger charge is -2.38. The quantitative estimate of drug-likeness (QED) is 0.927. The molecule has 2 heterocycles. The lowest BCUT2D eigenvalue weighted by Crippen LogP contribution is -2.48. The fourth-order valence-corrected chi connectivity index (χ4v) is 2.92. The average Bonchev–Trinajstić information content (AvgIpc) is 2.71. The molecule has 104 valence electrons. The summed E-state index contributed by atoms with van der Waals surface area (Å²) in [5.74, 6) is 0. The van der Waals surface area contributed by atoms with Crippen molar-refractivity contribution in [3.05, 3.63) is 35.5 Å². The van der Waals surface area contributed by atoms with Gasteiger partial charge in [0, 0.05) is 29.7 Å². The van der Waals surface area contributed by atoms with E-state index in [0.717, 1.165) is 13.1 Å². The summed E-state index contributed by atoms with van der Waals surface area (Å²) < 4.78 is 5.20. The third kappa shape index (κ3) is 2.20. The third-order valence-corrected chi connectivity index (χ3v) is 4.02. The van der Waals surface area contributed by atoms with Crippen LogP contribution in [-0.4, -0.2) is 36.7 Å². The molecule has 1 saturated heterocycles. The van der Waals surface area contributed by atoms with Gasteiger partial charge in [0.25, 0.3) is 0 Å². The second-order valence-corrected chi connectivity index (χ2v) is 5.83. The van der Waals surface area contributed by atoms with Crippen molar-refractivity contribution < 1.29 is 4.74 Å². The summed E-state index contributed by atoms with van der Waals surface area (Å²) in [6.07, 6.45) is 0. The lowest BCUT2D eigenvalue weighted by atomic mass is 9.87. The minimum absolute atomic E-state index is 0.311. The Morgan fingerprint density at radius 2 is 2.15 bits per heavy atom. The summed E-state index contributed by atoms with van der Waals surface area (Å²) in [6.45, 7) is 4.82. The maximum atomic E-state index is 9.28. The van der Waals surface area contributed by atoms with Crippen LogP contribution in [-0.2, 0) is 11.3 Å². The molecule has 3 rings (SSSR count). The predicted molar refractivity (Wildman–Crippen MR) is 78.2 cm³/mol. The molecular weight excluding hydrogens is 250 g/mol. The van der Waals surface area contributed by atoms with Gasteiger partial charge < -0.3 is 14.6 Å². The number of aromatic nitrogens is 1. The Morgan fingerprint density at radius 3 is 2.80 bits per heavy atom. The smallest absolute Gasteiger partial charge is 0.116 e. The van der Waals surface area contributed by atoms with Crippen LogP contribution in [0.3, 0.4) is 0 Å². The van der Waals surface area contributed by atoms with Crippen LogP contribution in [0.1, 0.15) is 11.3 Å². The van der Waals surface area contributed by atoms with E-state index in [2.05, 4.69) is 48.1 Å². The van der Waals surface area contributed by atoms with Gasteiger partial charge in [-0.05, 0) is 25.6 Å². The second kappa shape index (κ2) is 4.93. The minimum atomic E-state index is -0.311. The third-order valence-electron chi connectivity index (χ3n) is 4.02. The van der Waals surface area contributed by atoms with Crippen molar-refractivity contribution in [2.24, 2.45) is 5.41 Å². The van der Waals surface area contributed by atoms with Gasteiger partial charge in [-0.3, -0.25) is 0 Å². The van der Waals surface area contributed by atoms with E-state index in [9.17, 15) is 5.26 Å². The summed E-state index contributed by atoms with van der Waals surface area (Å²) in [6, 6.07) is 10.8. The molecule has 0 saturated carbocycles. The standard InChI is InChI=1S/C16H19N3O/c1-12-14(13-5-3-4-6-15(13)18-12)7-19(2)9-16(8-17)10-20-11-16/h3-6,18H,7,9-11H2,1-2H3. The van der Waals surface area contributed by atoms with E-state index in [-0.39, 0.29) is 5.41 Å². The molecule has 1 aliphatic rings. The van der Waals surface area contributed by atoms with Crippen LogP contribution < -0.4 is 0 Å². The van der Waals surface area contributed by atoms with Crippen LogP contribution in [0.5, 0.6) is 0 Å². The van der Waals surface area contributed by atoms with Gasteiger partial charge in [0.15, 0.2) is 0 Å². The van der Waals surface area contributed by atoms with Crippen LogP contribution >= 0.6 is 0 Å². The molecule has 0 unspecified atom stereocenters. The lowest BCUT2D eigenvalue weighted by molar-refractivity contribution is -0.0895. The number of nitrogens with zero attached hydrogens (tertiary/aromatic N) is 2. The summed E-state index contributed by atoms with van der Waals surface area (Å²) in [4.78, 5) is 5.64. The Labute approximate surface area is 119 Å². The number of rotatable bonds is 4. The molecule has 1 aromatic carbocycles. The van der Waals surface area contributed by atoms with E-state index < -0.39 is 0 Å². The number of fused-ring (bicyclic) bond motifs is 1. The molecule has 20 heavy (non-hydrogen) atoms. The largest absolute Gasteiger partial charge is 0.378 e. The zero-order valence-electron chi connectivity index (χ0n) is 11.9. The van der Waals surface area contributed by atoms with Crippen molar-refractivity contribution in [3.63, 3.8) is 0 Å². The van der Waals surface area contributed by atoms with Gasteiger partial charge in [0.2, 0.25) is 0 Å². The normalized spacial score (nSPS) is 17.1. The maximum absolute atomic E-state index is 9.28. The number of aromatic amines is 1. The van der Waals surface area contributed by atoms with Crippen LogP contribution in [0.15, 0.2) is 24.3 Å². The van der Waals surface area contributed by atoms with Crippen molar-refractivity contribution in [2.45, 2.75) is 13.5 Å². The summed E-state index contributed by atoms with van der Waals surface area (Å²) in [5.41, 5.74) is 3.38. The van der Waals surface area contributed by atoms with Crippen LogP contribution in [0, 0.1) is 23.7 Å². The van der Waals surface area contributed by atoms with Gasteiger partial charge in [0.05, 0.1) is 19.3 Å². The number of hydrogen-bond donors (Lipinski definition) is 1. The topological polar surface area (TPSA) is 52.0 Å². The van der Waals surface area contributed by atoms with Crippen molar-refractivity contribution in [3.8, 4) is 6.07 Å². The minimum Gasteiger partial charge on any atom is -0.378 e. The first-order chi connectivity index (χ1) is 9.63. The maximum Gasteiger partial charge on any atom is 0.116 e.